The largest absolute Gasteiger partial charge is 0.889 e. The molecule has 0 aliphatic heterocycles. The molecule has 1 rings (SSSR count). The molecule has 1 aromatic rings. The highest BCUT2D eigenvalue weighted by molar-refractivity contribution is 6.55. The van der Waals surface area contributed by atoms with Crippen LogP contribution in [0.5, 0.6) is 0 Å². The third kappa shape index (κ3) is 61.6. The molecule has 5 heteroatoms. The minimum Gasteiger partial charge on any atom is -0.889 e. The highest BCUT2D eigenvalue weighted by Crippen LogP contribution is 2.18. The second kappa shape index (κ2) is 65.2. The molecule has 1 aromatic carbocycles. The lowest BCUT2D eigenvalue weighted by molar-refractivity contribution is -0.368. The molecule has 422 valence electrons. The van der Waals surface area contributed by atoms with Crippen LogP contribution < -0.4 is 27.0 Å². The van der Waals surface area contributed by atoms with E-state index >= 15 is 0 Å². The highest BCUT2D eigenvalue weighted by Gasteiger charge is 2.02. The van der Waals surface area contributed by atoms with Crippen molar-refractivity contribution in [3.63, 3.8) is 0 Å². The van der Waals surface area contributed by atoms with Crippen LogP contribution in [0.25, 0.3) is 0 Å². The fourth-order valence-electron chi connectivity index (χ4n) is 10.3. The molecule has 0 unspecified atom stereocenters. The van der Waals surface area contributed by atoms with Gasteiger partial charge in [0, 0.05) is 0 Å². The Labute approximate surface area is 449 Å². The monoisotopic (exact) mass is 997 g/mol. The van der Waals surface area contributed by atoms with E-state index in [1.54, 1.807) is 12.1 Å². The second-order valence-corrected chi connectivity index (χ2v) is 22.6. The fourth-order valence-corrected chi connectivity index (χ4v) is 10.3. The molecule has 0 radical (unpaired) electrons. The van der Waals surface area contributed by atoms with Crippen LogP contribution >= 0.6 is 0 Å². The number of hydrogen-bond acceptors (Lipinski definition) is 2. The van der Waals surface area contributed by atoms with Crippen molar-refractivity contribution in [3.8, 4) is 0 Å². The van der Waals surface area contributed by atoms with Crippen LogP contribution in [0.1, 0.15) is 373 Å². The molecule has 0 spiro atoms. The van der Waals surface area contributed by atoms with Gasteiger partial charge in [0.2, 0.25) is 0 Å². The molecule has 0 saturated heterocycles. The number of rotatable bonds is 55. The second-order valence-electron chi connectivity index (χ2n) is 22.6. The van der Waals surface area contributed by atoms with Crippen molar-refractivity contribution in [2.75, 3.05) is 13.1 Å². The van der Waals surface area contributed by atoms with E-state index in [-0.39, 0.29) is 0 Å². The lowest BCUT2D eigenvalue weighted by Crippen LogP contribution is -2.55. The van der Waals surface area contributed by atoms with Crippen molar-refractivity contribution in [1.29, 1.82) is 0 Å². The number of benzene rings is 1. The van der Waals surface area contributed by atoms with E-state index in [1.807, 2.05) is 0 Å². The lowest BCUT2D eigenvalue weighted by Gasteiger charge is -2.28. The zero-order valence-electron chi connectivity index (χ0n) is 49.6. The smallest absolute Gasteiger partial charge is 0.0739 e. The molecule has 4 nitrogen and oxygen atoms in total. The molecule has 0 fully saturated rings. The summed E-state index contributed by atoms with van der Waals surface area (Å²) < 4.78 is 0. The molecule has 0 aliphatic carbocycles. The van der Waals surface area contributed by atoms with Gasteiger partial charge in [-0.25, -0.2) is 0 Å². The normalized spacial score (nSPS) is 11.2. The third-order valence-corrected chi connectivity index (χ3v) is 15.2. The van der Waals surface area contributed by atoms with Gasteiger partial charge in [0.05, 0.1) is 13.1 Å². The minimum absolute atomic E-state index is 0.407. The Morgan fingerprint density at radius 2 is 0.423 bits per heavy atom. The molecule has 6 N–H and O–H groups in total. The van der Waals surface area contributed by atoms with Gasteiger partial charge in [0.15, 0.2) is 0 Å². The van der Waals surface area contributed by atoms with E-state index in [9.17, 15) is 10.0 Å². The van der Waals surface area contributed by atoms with Crippen molar-refractivity contribution < 1.29 is 21.5 Å². The first-order valence-electron chi connectivity index (χ1n) is 33.0. The summed E-state index contributed by atoms with van der Waals surface area (Å²) in [7, 11) is -1.85. The summed E-state index contributed by atoms with van der Waals surface area (Å²) in [6.45, 7) is 11.1. The third-order valence-electron chi connectivity index (χ3n) is 15.2. The van der Waals surface area contributed by atoms with Gasteiger partial charge < -0.3 is 21.5 Å². The van der Waals surface area contributed by atoms with Crippen molar-refractivity contribution in [2.24, 2.45) is 0 Å². The average molecular weight is 998 g/mol. The molecular weight excluding hydrogens is 864 g/mol. The maximum atomic E-state index is 11.0. The number of hydrogen-bond donors (Lipinski definition) is 2. The van der Waals surface area contributed by atoms with E-state index in [0.29, 0.717) is 5.46 Å². The van der Waals surface area contributed by atoms with Crippen molar-refractivity contribution in [3.05, 3.63) is 29.3 Å². The van der Waals surface area contributed by atoms with Crippen LogP contribution in [-0.4, -0.2) is 20.2 Å². The first-order valence-corrected chi connectivity index (χ1v) is 33.0. The van der Waals surface area contributed by atoms with Gasteiger partial charge >= 0.3 is 0 Å². The summed E-state index contributed by atoms with van der Waals surface area (Å²) >= 11 is 0. The quantitative estimate of drug-likeness (QED) is 0.0502. The van der Waals surface area contributed by atoms with Gasteiger partial charge in [0.25, 0.3) is 0 Å². The summed E-state index contributed by atoms with van der Waals surface area (Å²) in [4.78, 5) is 0. The van der Waals surface area contributed by atoms with Gasteiger partial charge in [-0.15, -0.1) is 5.46 Å². The number of quaternary nitrogens is 2. The minimum atomic E-state index is -1.85. The maximum absolute atomic E-state index is 11.0. The molecule has 0 bridgehead atoms. The average Bonchev–Trinajstić information content (AvgIpc) is 3.38. The zero-order valence-corrected chi connectivity index (χ0v) is 49.6. The van der Waals surface area contributed by atoms with Crippen LogP contribution in [0.2, 0.25) is 0 Å². The molecule has 0 amide bonds. The Balaban J connectivity index is 0. The van der Waals surface area contributed by atoms with Crippen LogP contribution in [0.4, 0.5) is 0 Å². The Morgan fingerprint density at radius 1 is 0.254 bits per heavy atom. The fraction of sp³-hybridized carbons (Fsp3) is 0.909. The first-order chi connectivity index (χ1) is 35.0. The summed E-state index contributed by atoms with van der Waals surface area (Å²) in [5.41, 5.74) is 10.5. The maximum Gasteiger partial charge on any atom is 0.0739 e. The number of unbranched alkanes of at least 4 members (excludes halogenated alkanes) is 48. The Bertz CT molecular complexity index is 960. The van der Waals surface area contributed by atoms with Crippen LogP contribution in [0.15, 0.2) is 18.2 Å². The van der Waals surface area contributed by atoms with Crippen LogP contribution in [-0.2, 0) is 12.8 Å². The van der Waals surface area contributed by atoms with Gasteiger partial charge in [-0.2, -0.15) is 0 Å². The van der Waals surface area contributed by atoms with Gasteiger partial charge in [-0.3, -0.25) is 0 Å². The van der Waals surface area contributed by atoms with E-state index in [1.165, 1.54) is 308 Å². The van der Waals surface area contributed by atoms with E-state index in [4.69, 9.17) is 0 Å². The Morgan fingerprint density at radius 3 is 0.577 bits per heavy atom. The predicted molar refractivity (Wildman–Crippen MR) is 318 cm³/mol. The van der Waals surface area contributed by atoms with E-state index in [2.05, 4.69) is 45.2 Å². The van der Waals surface area contributed by atoms with Gasteiger partial charge in [0.1, 0.15) is 0 Å². The molecule has 0 aliphatic rings. The van der Waals surface area contributed by atoms with Crippen molar-refractivity contribution in [2.45, 2.75) is 374 Å². The summed E-state index contributed by atoms with van der Waals surface area (Å²) in [6, 6.07) is 5.72. The first kappa shape index (κ1) is 72.2. The Kier molecular flexibility index (Phi) is 66.3. The van der Waals surface area contributed by atoms with Crippen LogP contribution in [0, 0.1) is 0 Å². The standard InChI is InChI=1S/2C26H55N.C14H21BO2/c2*1-2-3-4-5-6-7-8-9-10-11-12-13-14-15-16-17-18-19-20-21-22-23-24-25-26-27;1-3-5-7-12-9-13(8-6-4-2)11-14(10-12)15(16)17/h2*2-27H2,1H3;9-11H,3-8H2,1-2H3/q;;-2/p+2. The molecule has 0 atom stereocenters. The molecule has 0 saturated carbocycles. The number of aryl methyl sites for hydroxylation is 2. The van der Waals surface area contributed by atoms with E-state index in [0.717, 1.165) is 62.7 Å². The van der Waals surface area contributed by atoms with Gasteiger partial charge in [-0.05, 0) is 62.5 Å². The van der Waals surface area contributed by atoms with Crippen LogP contribution in [0.3, 0.4) is 0 Å². The summed E-state index contributed by atoms with van der Waals surface area (Å²) in [5.74, 6) is 0. The predicted octanol–water partition coefficient (Wildman–Crippen LogP) is 18.0. The topological polar surface area (TPSA) is 101 Å². The van der Waals surface area contributed by atoms with E-state index < -0.39 is 7.12 Å². The Hall–Kier alpha value is -0.875. The summed E-state index contributed by atoms with van der Waals surface area (Å²) in [6.07, 6.45) is 76.7. The molecular formula is C66H133BN2O2. The van der Waals surface area contributed by atoms with Gasteiger partial charge in [-0.1, -0.05) is 348 Å². The SMILES string of the molecule is CCCCCCCCCCCCCCCCCCCCCCCCCC[NH3+].CCCCCCCCCCCCCCCCCCCCCCCCCC[NH3+].CCCCc1cc(CCCC)cc(B([O-])[O-])c1. The zero-order chi connectivity index (χ0) is 52.0. The van der Waals surface area contributed by atoms with Crippen molar-refractivity contribution in [1.82, 2.24) is 0 Å². The lowest BCUT2D eigenvalue weighted by atomic mass is 9.78. The molecule has 71 heavy (non-hydrogen) atoms. The highest BCUT2D eigenvalue weighted by atomic mass is 16.4. The molecule has 0 heterocycles. The van der Waals surface area contributed by atoms with Crippen molar-refractivity contribution >= 4 is 12.6 Å². The molecule has 0 aromatic heterocycles. The summed E-state index contributed by atoms with van der Waals surface area (Å²) in [5, 5.41) is 22.1.